The third-order valence-electron chi connectivity index (χ3n) is 2.86. The van der Waals surface area contributed by atoms with E-state index in [2.05, 4.69) is 0 Å². The van der Waals surface area contributed by atoms with Gasteiger partial charge >= 0.3 is 5.97 Å². The van der Waals surface area contributed by atoms with Crippen molar-refractivity contribution in [2.24, 2.45) is 0 Å². The molecule has 1 aromatic rings. The number of carbonyl (C=O) groups excluding carboxylic acids is 1. The van der Waals surface area contributed by atoms with Crippen molar-refractivity contribution >= 4 is 11.9 Å². The van der Waals surface area contributed by atoms with Gasteiger partial charge in [0.15, 0.2) is 11.5 Å². The van der Waals surface area contributed by atoms with Gasteiger partial charge in [-0.25, -0.2) is 0 Å². The van der Waals surface area contributed by atoms with Crippen molar-refractivity contribution in [3.05, 3.63) is 23.3 Å². The second kappa shape index (κ2) is 6.27. The maximum absolute atomic E-state index is 12.4. The number of carboxylic acid groups (broad SMARTS) is 1. The Kier molecular flexibility index (Phi) is 4.96. The van der Waals surface area contributed by atoms with Gasteiger partial charge in [0, 0.05) is 6.04 Å². The molecule has 2 N–H and O–H groups in total. The van der Waals surface area contributed by atoms with E-state index in [1.807, 2.05) is 0 Å². The van der Waals surface area contributed by atoms with E-state index < -0.39 is 18.4 Å². The van der Waals surface area contributed by atoms with E-state index >= 15 is 0 Å². The summed E-state index contributed by atoms with van der Waals surface area (Å²) >= 11 is 0. The van der Waals surface area contributed by atoms with Gasteiger partial charge in [0.25, 0.3) is 5.91 Å². The second-order valence-corrected chi connectivity index (χ2v) is 4.78. The minimum absolute atomic E-state index is 0.0387. The van der Waals surface area contributed by atoms with Gasteiger partial charge < -0.3 is 19.8 Å². The molecule has 0 heterocycles. The summed E-state index contributed by atoms with van der Waals surface area (Å²) in [5, 5.41) is 18.9. The second-order valence-electron chi connectivity index (χ2n) is 4.78. The molecule has 1 amide bonds. The van der Waals surface area contributed by atoms with E-state index in [1.54, 1.807) is 26.8 Å². The lowest BCUT2D eigenvalue weighted by Gasteiger charge is -2.25. The van der Waals surface area contributed by atoms with Crippen molar-refractivity contribution in [1.29, 1.82) is 0 Å². The predicted molar refractivity (Wildman–Crippen MR) is 73.2 cm³/mol. The molecule has 0 saturated heterocycles. The number of carboxylic acids is 1. The molecule has 0 aliphatic heterocycles. The summed E-state index contributed by atoms with van der Waals surface area (Å²) in [4.78, 5) is 24.4. The van der Waals surface area contributed by atoms with Crippen LogP contribution in [0.1, 0.15) is 29.8 Å². The zero-order chi connectivity index (χ0) is 15.4. The summed E-state index contributed by atoms with van der Waals surface area (Å²) in [7, 11) is 1.39. The Morgan fingerprint density at radius 2 is 1.95 bits per heavy atom. The van der Waals surface area contributed by atoms with Crippen LogP contribution in [-0.2, 0) is 4.79 Å². The van der Waals surface area contributed by atoms with Crippen LogP contribution >= 0.6 is 0 Å². The largest absolute Gasteiger partial charge is 0.504 e. The number of amides is 1. The molecule has 0 aromatic heterocycles. The van der Waals surface area contributed by atoms with Gasteiger partial charge in [0.05, 0.1) is 12.7 Å². The van der Waals surface area contributed by atoms with Gasteiger partial charge in [0.2, 0.25) is 0 Å². The molecule has 0 radical (unpaired) electrons. The molecule has 0 spiro atoms. The number of phenolic OH excluding ortho intramolecular Hbond substituents is 1. The van der Waals surface area contributed by atoms with Gasteiger partial charge in [-0.1, -0.05) is 0 Å². The molecule has 20 heavy (non-hydrogen) atoms. The fourth-order valence-corrected chi connectivity index (χ4v) is 1.85. The van der Waals surface area contributed by atoms with Crippen LogP contribution in [0.2, 0.25) is 0 Å². The molecule has 1 aromatic carbocycles. The molecule has 0 fully saturated rings. The summed E-state index contributed by atoms with van der Waals surface area (Å²) in [6.07, 6.45) is 0. The Hall–Kier alpha value is -2.24. The van der Waals surface area contributed by atoms with Crippen LogP contribution in [0.15, 0.2) is 12.1 Å². The third kappa shape index (κ3) is 3.40. The first kappa shape index (κ1) is 15.8. The highest BCUT2D eigenvalue weighted by Crippen LogP contribution is 2.32. The third-order valence-corrected chi connectivity index (χ3v) is 2.86. The van der Waals surface area contributed by atoms with Crippen molar-refractivity contribution in [1.82, 2.24) is 4.90 Å². The lowest BCUT2D eigenvalue weighted by atomic mass is 10.1. The first-order valence-electron chi connectivity index (χ1n) is 6.18. The highest BCUT2D eigenvalue weighted by atomic mass is 16.5. The topological polar surface area (TPSA) is 87.1 Å². The Morgan fingerprint density at radius 3 is 2.40 bits per heavy atom. The Labute approximate surface area is 117 Å². The average molecular weight is 281 g/mol. The number of aryl methyl sites for hydroxylation is 1. The summed E-state index contributed by atoms with van der Waals surface area (Å²) in [5.41, 5.74) is 0.777. The van der Waals surface area contributed by atoms with E-state index in [1.165, 1.54) is 18.1 Å². The average Bonchev–Trinajstić information content (AvgIpc) is 2.36. The number of methoxy groups -OCH3 is 1. The van der Waals surface area contributed by atoms with Crippen molar-refractivity contribution in [3.8, 4) is 11.5 Å². The molecule has 0 bridgehead atoms. The standard InChI is InChI=1S/C14H19NO5/c1-8(2)15(7-12(16)17)14(19)10-5-9(3)6-11(20-4)13(10)18/h5-6,8,18H,7H2,1-4H3,(H,16,17). The van der Waals surface area contributed by atoms with Crippen LogP contribution in [-0.4, -0.2) is 46.7 Å². The number of ether oxygens (including phenoxy) is 1. The van der Waals surface area contributed by atoms with Gasteiger partial charge in [-0.15, -0.1) is 0 Å². The van der Waals surface area contributed by atoms with E-state index in [0.717, 1.165) is 5.56 Å². The van der Waals surface area contributed by atoms with Crippen LogP contribution < -0.4 is 4.74 Å². The fraction of sp³-hybridized carbons (Fsp3) is 0.429. The van der Waals surface area contributed by atoms with Crippen LogP contribution in [0.3, 0.4) is 0 Å². The number of rotatable bonds is 5. The highest BCUT2D eigenvalue weighted by Gasteiger charge is 2.25. The number of phenols is 1. The smallest absolute Gasteiger partial charge is 0.323 e. The van der Waals surface area contributed by atoms with Gasteiger partial charge in [-0.2, -0.15) is 0 Å². The molecule has 0 aliphatic rings. The monoisotopic (exact) mass is 281 g/mol. The van der Waals surface area contributed by atoms with Crippen molar-refractivity contribution in [3.63, 3.8) is 0 Å². The summed E-state index contributed by atoms with van der Waals surface area (Å²) in [5.74, 6) is -1.74. The molecule has 1 rings (SSSR count). The zero-order valence-electron chi connectivity index (χ0n) is 12.0. The molecular formula is C14H19NO5. The van der Waals surface area contributed by atoms with Gasteiger partial charge in [-0.05, 0) is 38.5 Å². The summed E-state index contributed by atoms with van der Waals surface area (Å²) in [6, 6.07) is 2.81. The van der Waals surface area contributed by atoms with Crippen molar-refractivity contribution in [2.45, 2.75) is 26.8 Å². The minimum atomic E-state index is -1.11. The number of aromatic hydroxyl groups is 1. The molecule has 0 saturated carbocycles. The highest BCUT2D eigenvalue weighted by molar-refractivity contribution is 5.99. The Balaban J connectivity index is 3.24. The van der Waals surface area contributed by atoms with E-state index in [9.17, 15) is 14.7 Å². The minimum Gasteiger partial charge on any atom is -0.504 e. The van der Waals surface area contributed by atoms with E-state index in [4.69, 9.17) is 9.84 Å². The summed E-state index contributed by atoms with van der Waals surface area (Å²) < 4.78 is 5.00. The lowest BCUT2D eigenvalue weighted by molar-refractivity contribution is -0.138. The molecule has 6 nitrogen and oxygen atoms in total. The van der Waals surface area contributed by atoms with Crippen LogP contribution in [0, 0.1) is 6.92 Å². The van der Waals surface area contributed by atoms with Gasteiger partial charge in [0.1, 0.15) is 6.54 Å². The molecule has 110 valence electrons. The predicted octanol–water partition coefficient (Wildman–Crippen LogP) is 1.64. The SMILES string of the molecule is COc1cc(C)cc(C(=O)N(CC(=O)O)C(C)C)c1O. The Morgan fingerprint density at radius 1 is 1.35 bits per heavy atom. The zero-order valence-corrected chi connectivity index (χ0v) is 12.0. The maximum Gasteiger partial charge on any atom is 0.323 e. The first-order chi connectivity index (χ1) is 9.27. The Bertz CT molecular complexity index is 525. The number of nitrogens with zero attached hydrogens (tertiary/aromatic N) is 1. The maximum atomic E-state index is 12.4. The van der Waals surface area contributed by atoms with Crippen LogP contribution in [0.25, 0.3) is 0 Å². The molecular weight excluding hydrogens is 262 g/mol. The molecule has 6 heteroatoms. The number of aliphatic carboxylic acids is 1. The van der Waals surface area contributed by atoms with E-state index in [-0.39, 0.29) is 23.1 Å². The fourth-order valence-electron chi connectivity index (χ4n) is 1.85. The molecule has 0 unspecified atom stereocenters. The lowest BCUT2D eigenvalue weighted by Crippen LogP contribution is -2.40. The van der Waals surface area contributed by atoms with E-state index in [0.29, 0.717) is 0 Å². The molecule has 0 aliphatic carbocycles. The van der Waals surface area contributed by atoms with Crippen LogP contribution in [0.5, 0.6) is 11.5 Å². The number of hydrogen-bond acceptors (Lipinski definition) is 4. The van der Waals surface area contributed by atoms with Crippen molar-refractivity contribution in [2.75, 3.05) is 13.7 Å². The first-order valence-corrected chi connectivity index (χ1v) is 6.18. The van der Waals surface area contributed by atoms with Gasteiger partial charge in [-0.3, -0.25) is 9.59 Å². The van der Waals surface area contributed by atoms with Crippen LogP contribution in [0.4, 0.5) is 0 Å². The normalized spacial score (nSPS) is 10.4. The number of carbonyl (C=O) groups is 2. The quantitative estimate of drug-likeness (QED) is 0.856. The molecule has 0 atom stereocenters. The van der Waals surface area contributed by atoms with Crippen molar-refractivity contribution < 1.29 is 24.5 Å². The number of benzene rings is 1. The summed E-state index contributed by atoms with van der Waals surface area (Å²) in [6.45, 7) is 4.76. The number of hydrogen-bond donors (Lipinski definition) is 2.